The molecule has 2 heterocycles. The Morgan fingerprint density at radius 2 is 2.24 bits per heavy atom. The lowest BCUT2D eigenvalue weighted by molar-refractivity contribution is 0.645. The first-order valence-electron chi connectivity index (χ1n) is 5.36. The van der Waals surface area contributed by atoms with E-state index in [1.165, 1.54) is 0 Å². The van der Waals surface area contributed by atoms with Crippen LogP contribution in [0.2, 0.25) is 0 Å². The Kier molecular flexibility index (Phi) is 2.57. The second kappa shape index (κ2) is 4.09. The van der Waals surface area contributed by atoms with E-state index in [0.29, 0.717) is 0 Å². The smallest absolute Gasteiger partial charge is 0.178 e. The molecule has 0 bridgehead atoms. The third-order valence-electron chi connectivity index (χ3n) is 2.82. The summed E-state index contributed by atoms with van der Waals surface area (Å²) < 4.78 is 2.86. The first-order valence-corrected chi connectivity index (χ1v) is 6.65. The Morgan fingerprint density at radius 1 is 1.41 bits per heavy atom. The van der Waals surface area contributed by atoms with E-state index in [-0.39, 0.29) is 6.04 Å². The molecule has 1 atom stereocenters. The maximum atomic E-state index is 5.39. The van der Waals surface area contributed by atoms with Crippen molar-refractivity contribution in [3.8, 4) is 0 Å². The molecule has 3 aromatic rings. The van der Waals surface area contributed by atoms with Gasteiger partial charge in [0, 0.05) is 11.6 Å². The summed E-state index contributed by atoms with van der Waals surface area (Å²) in [5.74, 6) is 0. The average molecular weight is 261 g/mol. The zero-order valence-electron chi connectivity index (χ0n) is 9.25. The maximum Gasteiger partial charge on any atom is 0.178 e. The fourth-order valence-electron chi connectivity index (χ4n) is 2.01. The predicted octanol–water partition coefficient (Wildman–Crippen LogP) is 3.76. The molecule has 3 rings (SSSR count). The van der Waals surface area contributed by atoms with Gasteiger partial charge in [-0.15, -0.1) is 11.3 Å². The van der Waals surface area contributed by atoms with E-state index < -0.39 is 0 Å². The molecule has 1 aromatic carbocycles. The Bertz CT molecular complexity index is 694. The highest BCUT2D eigenvalue weighted by Gasteiger charge is 2.14. The van der Waals surface area contributed by atoms with Gasteiger partial charge in [-0.25, -0.2) is 4.98 Å². The van der Waals surface area contributed by atoms with Crippen LogP contribution >= 0.6 is 23.6 Å². The molecule has 5 heteroatoms. The molecule has 0 saturated heterocycles. The summed E-state index contributed by atoms with van der Waals surface area (Å²) in [6, 6.07) is 8.31. The standard InChI is InChI=1S/C12H11N3S2/c1-8(11-13-6-7-17-11)15-10-5-3-2-4-9(10)14-12(15)16/h2-8H,1H3,(H,14,16). The zero-order chi connectivity index (χ0) is 11.8. The number of hydrogen-bond acceptors (Lipinski definition) is 3. The van der Waals surface area contributed by atoms with E-state index in [2.05, 4.69) is 27.5 Å². The number of fused-ring (bicyclic) bond motifs is 1. The molecule has 0 aliphatic rings. The molecular weight excluding hydrogens is 250 g/mol. The third kappa shape index (κ3) is 1.71. The zero-order valence-corrected chi connectivity index (χ0v) is 10.9. The van der Waals surface area contributed by atoms with E-state index in [4.69, 9.17) is 12.2 Å². The molecular formula is C12H11N3S2. The molecule has 0 saturated carbocycles. The average Bonchev–Trinajstić information content (AvgIpc) is 2.94. The quantitative estimate of drug-likeness (QED) is 0.712. The molecule has 3 nitrogen and oxygen atoms in total. The summed E-state index contributed by atoms with van der Waals surface area (Å²) in [4.78, 5) is 7.58. The summed E-state index contributed by atoms with van der Waals surface area (Å²) in [6.07, 6.45) is 1.83. The minimum absolute atomic E-state index is 0.165. The van der Waals surface area contributed by atoms with Crippen LogP contribution in [0, 0.1) is 4.77 Å². The van der Waals surface area contributed by atoms with Gasteiger partial charge in [-0.05, 0) is 31.3 Å². The maximum absolute atomic E-state index is 5.39. The van der Waals surface area contributed by atoms with Crippen LogP contribution in [-0.4, -0.2) is 14.5 Å². The number of thiazole rings is 1. The van der Waals surface area contributed by atoms with Gasteiger partial charge in [0.1, 0.15) is 5.01 Å². The number of H-pyrrole nitrogens is 1. The van der Waals surface area contributed by atoms with Crippen LogP contribution in [0.3, 0.4) is 0 Å². The summed E-state index contributed by atoms with van der Waals surface area (Å²) in [6.45, 7) is 2.12. The van der Waals surface area contributed by atoms with Crippen LogP contribution in [0.1, 0.15) is 18.0 Å². The highest BCUT2D eigenvalue weighted by atomic mass is 32.1. The lowest BCUT2D eigenvalue weighted by Crippen LogP contribution is -2.06. The number of aromatic nitrogens is 3. The van der Waals surface area contributed by atoms with Crippen molar-refractivity contribution in [2.75, 3.05) is 0 Å². The molecule has 86 valence electrons. The molecule has 0 aliphatic heterocycles. The normalized spacial score (nSPS) is 13.0. The van der Waals surface area contributed by atoms with Crippen molar-refractivity contribution in [2.24, 2.45) is 0 Å². The fraction of sp³-hybridized carbons (Fsp3) is 0.167. The van der Waals surface area contributed by atoms with E-state index in [9.17, 15) is 0 Å². The fourth-order valence-corrected chi connectivity index (χ4v) is 3.06. The Hall–Kier alpha value is -1.46. The molecule has 1 unspecified atom stereocenters. The van der Waals surface area contributed by atoms with Gasteiger partial charge in [-0.1, -0.05) is 12.1 Å². The predicted molar refractivity (Wildman–Crippen MR) is 73.0 cm³/mol. The number of rotatable bonds is 2. The number of para-hydroxylation sites is 2. The van der Waals surface area contributed by atoms with Gasteiger partial charge in [-0.3, -0.25) is 0 Å². The van der Waals surface area contributed by atoms with E-state index in [1.807, 2.05) is 29.8 Å². The van der Waals surface area contributed by atoms with Gasteiger partial charge in [-0.2, -0.15) is 0 Å². The van der Waals surface area contributed by atoms with Crippen molar-refractivity contribution in [3.05, 3.63) is 45.6 Å². The van der Waals surface area contributed by atoms with Gasteiger partial charge in [0.2, 0.25) is 0 Å². The van der Waals surface area contributed by atoms with Crippen LogP contribution in [0.25, 0.3) is 11.0 Å². The molecule has 2 aromatic heterocycles. The molecule has 0 aliphatic carbocycles. The van der Waals surface area contributed by atoms with Crippen molar-refractivity contribution in [3.63, 3.8) is 0 Å². The molecule has 0 spiro atoms. The monoisotopic (exact) mass is 261 g/mol. The number of hydrogen-bond donors (Lipinski definition) is 1. The highest BCUT2D eigenvalue weighted by molar-refractivity contribution is 7.71. The van der Waals surface area contributed by atoms with Crippen LogP contribution in [0.4, 0.5) is 0 Å². The first kappa shape index (κ1) is 10.7. The molecule has 0 fully saturated rings. The number of imidazole rings is 1. The Labute approximate surface area is 108 Å². The van der Waals surface area contributed by atoms with Gasteiger partial charge < -0.3 is 9.55 Å². The topological polar surface area (TPSA) is 33.6 Å². The highest BCUT2D eigenvalue weighted by Crippen LogP contribution is 2.25. The number of nitrogens with zero attached hydrogens (tertiary/aromatic N) is 2. The van der Waals surface area contributed by atoms with Crippen molar-refractivity contribution < 1.29 is 0 Å². The molecule has 0 amide bonds. The van der Waals surface area contributed by atoms with Crippen LogP contribution in [0.15, 0.2) is 35.8 Å². The molecule has 1 N–H and O–H groups in total. The van der Waals surface area contributed by atoms with Crippen molar-refractivity contribution in [1.82, 2.24) is 14.5 Å². The van der Waals surface area contributed by atoms with Crippen LogP contribution in [-0.2, 0) is 0 Å². The van der Waals surface area contributed by atoms with Gasteiger partial charge >= 0.3 is 0 Å². The summed E-state index contributed by atoms with van der Waals surface area (Å²) >= 11 is 7.04. The number of benzene rings is 1. The second-order valence-electron chi connectivity index (χ2n) is 3.86. The Balaban J connectivity index is 2.23. The van der Waals surface area contributed by atoms with E-state index >= 15 is 0 Å². The lowest BCUT2D eigenvalue weighted by atomic mass is 10.3. The number of aromatic amines is 1. The first-order chi connectivity index (χ1) is 8.27. The summed E-state index contributed by atoms with van der Waals surface area (Å²) in [5.41, 5.74) is 2.20. The van der Waals surface area contributed by atoms with Gasteiger partial charge in [0.15, 0.2) is 4.77 Å². The van der Waals surface area contributed by atoms with Crippen molar-refractivity contribution in [1.29, 1.82) is 0 Å². The lowest BCUT2D eigenvalue weighted by Gasteiger charge is -2.11. The van der Waals surface area contributed by atoms with E-state index in [1.54, 1.807) is 11.3 Å². The third-order valence-corrected chi connectivity index (χ3v) is 4.06. The SMILES string of the molecule is CC(c1nccs1)n1c(=S)[nH]c2ccccc21. The van der Waals surface area contributed by atoms with Gasteiger partial charge in [0.25, 0.3) is 0 Å². The largest absolute Gasteiger partial charge is 0.331 e. The van der Waals surface area contributed by atoms with Crippen LogP contribution < -0.4 is 0 Å². The van der Waals surface area contributed by atoms with Gasteiger partial charge in [0.05, 0.1) is 17.1 Å². The van der Waals surface area contributed by atoms with Crippen molar-refractivity contribution >= 4 is 34.6 Å². The molecule has 0 radical (unpaired) electrons. The van der Waals surface area contributed by atoms with E-state index in [0.717, 1.165) is 20.8 Å². The van der Waals surface area contributed by atoms with Crippen molar-refractivity contribution in [2.45, 2.75) is 13.0 Å². The summed E-state index contributed by atoms with van der Waals surface area (Å²) in [7, 11) is 0. The minimum Gasteiger partial charge on any atom is -0.331 e. The number of nitrogens with one attached hydrogen (secondary N) is 1. The summed E-state index contributed by atoms with van der Waals surface area (Å²) in [5, 5.41) is 3.07. The Morgan fingerprint density at radius 3 is 3.00 bits per heavy atom. The minimum atomic E-state index is 0.165. The molecule has 17 heavy (non-hydrogen) atoms. The second-order valence-corrected chi connectivity index (χ2v) is 5.18. The van der Waals surface area contributed by atoms with Crippen LogP contribution in [0.5, 0.6) is 0 Å².